The minimum absolute atomic E-state index is 0.121. The van der Waals surface area contributed by atoms with Crippen molar-refractivity contribution in [1.82, 2.24) is 19.9 Å². The number of anilines is 2. The van der Waals surface area contributed by atoms with Crippen LogP contribution < -0.4 is 5.32 Å². The lowest BCUT2D eigenvalue weighted by Gasteiger charge is -2.33. The van der Waals surface area contributed by atoms with Gasteiger partial charge in [0.2, 0.25) is 0 Å². The predicted octanol–water partition coefficient (Wildman–Crippen LogP) is 4.48. The van der Waals surface area contributed by atoms with E-state index in [0.29, 0.717) is 18.2 Å². The highest BCUT2D eigenvalue weighted by Gasteiger charge is 2.23. The molecule has 3 aromatic heterocycles. The Kier molecular flexibility index (Phi) is 5.52. The van der Waals surface area contributed by atoms with Gasteiger partial charge < -0.3 is 10.1 Å². The third-order valence-electron chi connectivity index (χ3n) is 5.36. The first-order valence-corrected chi connectivity index (χ1v) is 10.3. The molecule has 0 saturated carbocycles. The van der Waals surface area contributed by atoms with Crippen LogP contribution in [0.25, 0.3) is 10.9 Å². The molecule has 0 spiro atoms. The maximum Gasteiger partial charge on any atom is 0.141 e. The van der Waals surface area contributed by atoms with Gasteiger partial charge in [0, 0.05) is 31.2 Å². The van der Waals surface area contributed by atoms with Gasteiger partial charge in [0.1, 0.15) is 23.6 Å². The van der Waals surface area contributed by atoms with Crippen molar-refractivity contribution in [2.75, 3.05) is 25.0 Å². The summed E-state index contributed by atoms with van der Waals surface area (Å²) in [6, 6.07) is 19.1. The van der Waals surface area contributed by atoms with Gasteiger partial charge in [0.05, 0.1) is 24.0 Å². The summed E-state index contributed by atoms with van der Waals surface area (Å²) < 4.78 is 19.1. The second-order valence-electron chi connectivity index (χ2n) is 7.52. The third kappa shape index (κ3) is 4.52. The molecule has 156 valence electrons. The van der Waals surface area contributed by atoms with Gasteiger partial charge in [0.15, 0.2) is 0 Å². The molecule has 1 N–H and O–H groups in total. The molecule has 1 aliphatic heterocycles. The standard InChI is InChI=1S/C24H22FN5O/c25-18-9-10-23(27-14-18)29-24-8-2-7-21(28-24)22-16-30(12-13-31-22)15-17-4-1-6-20-19(17)5-3-11-26-20/h1-11,14,22H,12-13,15-16H2,(H,27,28,29)/t22-/m1/s1. The highest BCUT2D eigenvalue weighted by Crippen LogP contribution is 2.25. The molecular formula is C24H22FN5O. The van der Waals surface area contributed by atoms with E-state index in [1.54, 1.807) is 6.07 Å². The van der Waals surface area contributed by atoms with E-state index >= 15 is 0 Å². The fourth-order valence-corrected chi connectivity index (χ4v) is 3.85. The zero-order chi connectivity index (χ0) is 21.0. The average Bonchev–Trinajstić information content (AvgIpc) is 2.81. The summed E-state index contributed by atoms with van der Waals surface area (Å²) in [6.07, 6.45) is 2.88. The Labute approximate surface area is 179 Å². The van der Waals surface area contributed by atoms with Crippen LogP contribution in [0.15, 0.2) is 73.1 Å². The average molecular weight is 415 g/mol. The largest absolute Gasteiger partial charge is 0.369 e. The molecule has 1 aliphatic rings. The number of fused-ring (bicyclic) bond motifs is 1. The first kappa shape index (κ1) is 19.5. The normalized spacial score (nSPS) is 17.0. The van der Waals surface area contributed by atoms with Crippen LogP contribution in [-0.2, 0) is 11.3 Å². The summed E-state index contributed by atoms with van der Waals surface area (Å²) >= 11 is 0. The zero-order valence-corrected chi connectivity index (χ0v) is 16.9. The van der Waals surface area contributed by atoms with Crippen LogP contribution in [0.5, 0.6) is 0 Å². The van der Waals surface area contributed by atoms with Crippen LogP contribution in [0.2, 0.25) is 0 Å². The second-order valence-corrected chi connectivity index (χ2v) is 7.52. The first-order valence-electron chi connectivity index (χ1n) is 10.3. The molecule has 1 atom stereocenters. The Morgan fingerprint density at radius 3 is 2.84 bits per heavy atom. The van der Waals surface area contributed by atoms with Crippen LogP contribution in [0.3, 0.4) is 0 Å². The molecule has 0 bridgehead atoms. The lowest BCUT2D eigenvalue weighted by molar-refractivity contribution is -0.0348. The SMILES string of the molecule is Fc1ccc(Nc2cccc([C@H]3CN(Cc4cccc5ncccc45)CCO3)n2)nc1. The number of ether oxygens (including phenoxy) is 1. The molecule has 4 aromatic rings. The van der Waals surface area contributed by atoms with Gasteiger partial charge in [0.25, 0.3) is 0 Å². The number of benzene rings is 1. The number of nitrogens with one attached hydrogen (secondary N) is 1. The third-order valence-corrected chi connectivity index (χ3v) is 5.36. The Hall–Kier alpha value is -3.42. The smallest absolute Gasteiger partial charge is 0.141 e. The monoisotopic (exact) mass is 415 g/mol. The van der Waals surface area contributed by atoms with Crippen molar-refractivity contribution in [3.63, 3.8) is 0 Å². The maximum absolute atomic E-state index is 13.1. The zero-order valence-electron chi connectivity index (χ0n) is 16.9. The highest BCUT2D eigenvalue weighted by molar-refractivity contribution is 5.81. The summed E-state index contributed by atoms with van der Waals surface area (Å²) in [6.45, 7) is 3.10. The maximum atomic E-state index is 13.1. The van der Waals surface area contributed by atoms with Crippen molar-refractivity contribution in [2.24, 2.45) is 0 Å². The van der Waals surface area contributed by atoms with Gasteiger partial charge in [-0.2, -0.15) is 0 Å². The van der Waals surface area contributed by atoms with E-state index in [1.807, 2.05) is 36.5 Å². The second kappa shape index (κ2) is 8.75. The van der Waals surface area contributed by atoms with E-state index in [1.165, 1.54) is 23.2 Å². The van der Waals surface area contributed by atoms with E-state index in [0.717, 1.165) is 30.8 Å². The summed E-state index contributed by atoms with van der Waals surface area (Å²) in [5, 5.41) is 4.30. The topological polar surface area (TPSA) is 63.2 Å². The number of morpholine rings is 1. The number of hydrogen-bond donors (Lipinski definition) is 1. The van der Waals surface area contributed by atoms with Crippen LogP contribution >= 0.6 is 0 Å². The quantitative estimate of drug-likeness (QED) is 0.519. The van der Waals surface area contributed by atoms with Crippen molar-refractivity contribution in [3.05, 3.63) is 90.1 Å². The summed E-state index contributed by atoms with van der Waals surface area (Å²) in [5.41, 5.74) is 3.13. The molecule has 0 radical (unpaired) electrons. The van der Waals surface area contributed by atoms with E-state index in [-0.39, 0.29) is 11.9 Å². The van der Waals surface area contributed by atoms with Gasteiger partial charge in [-0.1, -0.05) is 24.3 Å². The van der Waals surface area contributed by atoms with Crippen LogP contribution in [0, 0.1) is 5.82 Å². The number of nitrogens with zero attached hydrogens (tertiary/aromatic N) is 4. The Balaban J connectivity index is 1.30. The van der Waals surface area contributed by atoms with Crippen molar-refractivity contribution in [2.45, 2.75) is 12.6 Å². The molecule has 1 aromatic carbocycles. The molecule has 0 amide bonds. The van der Waals surface area contributed by atoms with E-state index in [2.05, 4.69) is 38.4 Å². The molecule has 1 saturated heterocycles. The molecule has 7 heteroatoms. The molecule has 31 heavy (non-hydrogen) atoms. The highest BCUT2D eigenvalue weighted by atomic mass is 19.1. The molecule has 0 aliphatic carbocycles. The van der Waals surface area contributed by atoms with Crippen LogP contribution in [0.4, 0.5) is 16.0 Å². The predicted molar refractivity (Wildman–Crippen MR) is 117 cm³/mol. The number of hydrogen-bond acceptors (Lipinski definition) is 6. The van der Waals surface area contributed by atoms with Crippen LogP contribution in [-0.4, -0.2) is 39.5 Å². The first-order chi connectivity index (χ1) is 15.2. The van der Waals surface area contributed by atoms with Crippen molar-refractivity contribution in [1.29, 1.82) is 0 Å². The summed E-state index contributed by atoms with van der Waals surface area (Å²) in [5.74, 6) is 0.823. The number of halogens is 1. The Bertz CT molecular complexity index is 1180. The van der Waals surface area contributed by atoms with Crippen molar-refractivity contribution < 1.29 is 9.13 Å². The number of pyridine rings is 3. The van der Waals surface area contributed by atoms with Crippen LogP contribution in [0.1, 0.15) is 17.4 Å². The van der Waals surface area contributed by atoms with Gasteiger partial charge in [-0.15, -0.1) is 0 Å². The number of aromatic nitrogens is 3. The molecule has 5 rings (SSSR count). The lowest BCUT2D eigenvalue weighted by atomic mass is 10.1. The fraction of sp³-hybridized carbons (Fsp3) is 0.208. The Morgan fingerprint density at radius 2 is 1.94 bits per heavy atom. The van der Waals surface area contributed by atoms with Gasteiger partial charge in [-0.25, -0.2) is 14.4 Å². The van der Waals surface area contributed by atoms with Gasteiger partial charge in [-0.3, -0.25) is 9.88 Å². The molecule has 0 unspecified atom stereocenters. The molecule has 1 fully saturated rings. The molecule has 4 heterocycles. The van der Waals surface area contributed by atoms with E-state index in [9.17, 15) is 4.39 Å². The Morgan fingerprint density at radius 1 is 1.00 bits per heavy atom. The van der Waals surface area contributed by atoms with E-state index < -0.39 is 0 Å². The minimum atomic E-state index is -0.370. The van der Waals surface area contributed by atoms with Crippen molar-refractivity contribution >= 4 is 22.5 Å². The van der Waals surface area contributed by atoms with E-state index in [4.69, 9.17) is 9.72 Å². The molecular weight excluding hydrogens is 393 g/mol. The summed E-state index contributed by atoms with van der Waals surface area (Å²) in [4.78, 5) is 15.6. The molecule has 6 nitrogen and oxygen atoms in total. The number of rotatable bonds is 5. The lowest BCUT2D eigenvalue weighted by Crippen LogP contribution is -2.38. The van der Waals surface area contributed by atoms with Gasteiger partial charge >= 0.3 is 0 Å². The minimum Gasteiger partial charge on any atom is -0.369 e. The fourth-order valence-electron chi connectivity index (χ4n) is 3.85. The van der Waals surface area contributed by atoms with Crippen molar-refractivity contribution in [3.8, 4) is 0 Å². The van der Waals surface area contributed by atoms with Gasteiger partial charge in [-0.05, 0) is 42.0 Å². The summed E-state index contributed by atoms with van der Waals surface area (Å²) in [7, 11) is 0.